The number of carbonyl (C=O) groups excluding carboxylic acids is 2. The Labute approximate surface area is 190 Å². The first-order valence-electron chi connectivity index (χ1n) is 9.72. The summed E-state index contributed by atoms with van der Waals surface area (Å²) < 4.78 is 16.1. The van der Waals surface area contributed by atoms with Crippen LogP contribution in [0.25, 0.3) is 0 Å². The average molecular weight is 453 g/mol. The van der Waals surface area contributed by atoms with E-state index in [0.717, 1.165) is 0 Å². The Morgan fingerprint density at radius 3 is 2.31 bits per heavy atom. The number of ether oxygens (including phenoxy) is 3. The number of amides is 1. The van der Waals surface area contributed by atoms with Crippen molar-refractivity contribution in [2.45, 2.75) is 6.92 Å². The van der Waals surface area contributed by atoms with Gasteiger partial charge in [0, 0.05) is 10.6 Å². The van der Waals surface area contributed by atoms with Crippen LogP contribution < -0.4 is 19.6 Å². The quantitative estimate of drug-likeness (QED) is 0.231. The number of nitrogens with zero attached hydrogens (tertiary/aromatic N) is 1. The van der Waals surface area contributed by atoms with E-state index in [-0.39, 0.29) is 11.7 Å². The van der Waals surface area contributed by atoms with Gasteiger partial charge >= 0.3 is 5.97 Å². The van der Waals surface area contributed by atoms with Crippen LogP contribution >= 0.6 is 11.6 Å². The number of hydrogen-bond acceptors (Lipinski definition) is 6. The van der Waals surface area contributed by atoms with Crippen LogP contribution in [0, 0.1) is 0 Å². The second kappa shape index (κ2) is 11.0. The molecule has 0 atom stereocenters. The average Bonchev–Trinajstić information content (AvgIpc) is 2.81. The summed E-state index contributed by atoms with van der Waals surface area (Å²) in [6, 6.07) is 18.0. The van der Waals surface area contributed by atoms with Crippen LogP contribution in [-0.2, 0) is 0 Å². The maximum absolute atomic E-state index is 12.4. The zero-order chi connectivity index (χ0) is 22.9. The molecule has 3 rings (SSSR count). The lowest BCUT2D eigenvalue weighted by molar-refractivity contribution is 0.0728. The molecule has 164 valence electrons. The van der Waals surface area contributed by atoms with E-state index >= 15 is 0 Å². The van der Waals surface area contributed by atoms with E-state index in [2.05, 4.69) is 10.5 Å². The SMILES string of the molecule is CCOc1cc(/C=N/NC(=O)c2ccc(OC)cc2)ccc1OC(=O)c1ccc(Cl)cc1. The van der Waals surface area contributed by atoms with Crippen LogP contribution in [0.4, 0.5) is 0 Å². The molecule has 0 radical (unpaired) electrons. The summed E-state index contributed by atoms with van der Waals surface area (Å²) in [6.07, 6.45) is 1.47. The van der Waals surface area contributed by atoms with Gasteiger partial charge in [-0.1, -0.05) is 11.6 Å². The smallest absolute Gasteiger partial charge is 0.343 e. The van der Waals surface area contributed by atoms with Crippen molar-refractivity contribution in [2.24, 2.45) is 5.10 Å². The second-order valence-corrected chi connectivity index (χ2v) is 6.90. The van der Waals surface area contributed by atoms with Crippen LogP contribution in [-0.4, -0.2) is 31.8 Å². The van der Waals surface area contributed by atoms with Gasteiger partial charge in [0.25, 0.3) is 5.91 Å². The number of rotatable bonds is 8. The van der Waals surface area contributed by atoms with Crippen molar-refractivity contribution in [3.8, 4) is 17.2 Å². The predicted octanol–water partition coefficient (Wildman–Crippen LogP) is 4.73. The van der Waals surface area contributed by atoms with Crippen LogP contribution in [0.2, 0.25) is 5.02 Å². The highest BCUT2D eigenvalue weighted by Crippen LogP contribution is 2.29. The molecule has 0 aliphatic carbocycles. The third-order valence-corrected chi connectivity index (χ3v) is 4.53. The molecule has 0 spiro atoms. The van der Waals surface area contributed by atoms with Crippen LogP contribution in [0.3, 0.4) is 0 Å². The van der Waals surface area contributed by atoms with Gasteiger partial charge in [-0.2, -0.15) is 5.10 Å². The Morgan fingerprint density at radius 2 is 1.66 bits per heavy atom. The van der Waals surface area contributed by atoms with Crippen molar-refractivity contribution in [1.82, 2.24) is 5.43 Å². The summed E-state index contributed by atoms with van der Waals surface area (Å²) >= 11 is 5.85. The molecule has 0 unspecified atom stereocenters. The van der Waals surface area contributed by atoms with Crippen molar-refractivity contribution in [2.75, 3.05) is 13.7 Å². The summed E-state index contributed by atoms with van der Waals surface area (Å²) in [5, 5.41) is 4.50. The molecule has 1 N–H and O–H groups in total. The van der Waals surface area contributed by atoms with Crippen LogP contribution in [0.5, 0.6) is 17.2 Å². The molecular weight excluding hydrogens is 432 g/mol. The lowest BCUT2D eigenvalue weighted by Gasteiger charge is -2.11. The van der Waals surface area contributed by atoms with Crippen molar-refractivity contribution in [3.05, 3.63) is 88.4 Å². The van der Waals surface area contributed by atoms with Gasteiger partial charge in [0.1, 0.15) is 5.75 Å². The molecule has 0 bridgehead atoms. The lowest BCUT2D eigenvalue weighted by atomic mass is 10.2. The number of nitrogens with one attached hydrogen (secondary N) is 1. The van der Waals surface area contributed by atoms with E-state index in [0.29, 0.717) is 39.8 Å². The maximum atomic E-state index is 12.4. The molecule has 0 saturated carbocycles. The van der Waals surface area contributed by atoms with E-state index in [1.165, 1.54) is 6.21 Å². The number of carbonyl (C=O) groups is 2. The van der Waals surface area contributed by atoms with Gasteiger partial charge in [-0.15, -0.1) is 0 Å². The molecule has 3 aromatic carbocycles. The fourth-order valence-corrected chi connectivity index (χ4v) is 2.80. The molecule has 0 aliphatic rings. The highest BCUT2D eigenvalue weighted by Gasteiger charge is 2.13. The summed E-state index contributed by atoms with van der Waals surface area (Å²) in [6.45, 7) is 2.20. The fraction of sp³-hybridized carbons (Fsp3) is 0.125. The Balaban J connectivity index is 1.68. The fourth-order valence-electron chi connectivity index (χ4n) is 2.67. The number of benzene rings is 3. The molecule has 0 aliphatic heterocycles. The van der Waals surface area contributed by atoms with Gasteiger partial charge in [-0.3, -0.25) is 4.79 Å². The first-order chi connectivity index (χ1) is 15.5. The van der Waals surface area contributed by atoms with E-state index in [4.69, 9.17) is 25.8 Å². The minimum Gasteiger partial charge on any atom is -0.497 e. The third-order valence-electron chi connectivity index (χ3n) is 4.28. The maximum Gasteiger partial charge on any atom is 0.343 e. The highest BCUT2D eigenvalue weighted by molar-refractivity contribution is 6.30. The Morgan fingerprint density at radius 1 is 0.969 bits per heavy atom. The monoisotopic (exact) mass is 452 g/mol. The highest BCUT2D eigenvalue weighted by atomic mass is 35.5. The van der Waals surface area contributed by atoms with Gasteiger partial charge < -0.3 is 14.2 Å². The van der Waals surface area contributed by atoms with Crippen LogP contribution in [0.15, 0.2) is 71.8 Å². The van der Waals surface area contributed by atoms with Gasteiger partial charge in [0.05, 0.1) is 25.5 Å². The molecule has 8 heteroatoms. The van der Waals surface area contributed by atoms with E-state index in [1.54, 1.807) is 73.8 Å². The summed E-state index contributed by atoms with van der Waals surface area (Å²) in [5.41, 5.74) is 3.92. The zero-order valence-electron chi connectivity index (χ0n) is 17.5. The molecule has 32 heavy (non-hydrogen) atoms. The Kier molecular flexibility index (Phi) is 7.83. The van der Waals surface area contributed by atoms with E-state index in [9.17, 15) is 9.59 Å². The minimum absolute atomic E-state index is 0.270. The number of hydrogen-bond donors (Lipinski definition) is 1. The summed E-state index contributed by atoms with van der Waals surface area (Å²) in [7, 11) is 1.56. The Bertz CT molecular complexity index is 1110. The first kappa shape index (κ1) is 22.8. The molecule has 1 amide bonds. The molecule has 0 heterocycles. The molecule has 7 nitrogen and oxygen atoms in total. The normalized spacial score (nSPS) is 10.6. The molecule has 0 aromatic heterocycles. The van der Waals surface area contributed by atoms with Crippen molar-refractivity contribution >= 4 is 29.7 Å². The Hall–Kier alpha value is -3.84. The number of methoxy groups -OCH3 is 1. The molecule has 3 aromatic rings. The van der Waals surface area contributed by atoms with Gasteiger partial charge in [-0.05, 0) is 79.2 Å². The summed E-state index contributed by atoms with van der Waals surface area (Å²) in [4.78, 5) is 24.6. The minimum atomic E-state index is -0.532. The van der Waals surface area contributed by atoms with Gasteiger partial charge in [-0.25, -0.2) is 10.2 Å². The first-order valence-corrected chi connectivity index (χ1v) is 10.1. The number of esters is 1. The zero-order valence-corrected chi connectivity index (χ0v) is 18.3. The number of hydrazone groups is 1. The van der Waals surface area contributed by atoms with E-state index in [1.807, 2.05) is 6.92 Å². The molecule has 0 saturated heterocycles. The molecule has 0 fully saturated rings. The number of halogens is 1. The van der Waals surface area contributed by atoms with Gasteiger partial charge in [0.15, 0.2) is 11.5 Å². The van der Waals surface area contributed by atoms with Gasteiger partial charge in [0.2, 0.25) is 0 Å². The second-order valence-electron chi connectivity index (χ2n) is 6.46. The summed E-state index contributed by atoms with van der Waals surface area (Å²) in [5.74, 6) is 0.412. The largest absolute Gasteiger partial charge is 0.497 e. The topological polar surface area (TPSA) is 86.2 Å². The standard InChI is InChI=1S/C24H21ClN2O5/c1-3-31-22-14-16(15-26-27-23(28)17-7-11-20(30-2)12-8-17)4-13-21(22)32-24(29)18-5-9-19(25)10-6-18/h4-15H,3H2,1-2H3,(H,27,28)/b26-15+. The third kappa shape index (κ3) is 6.09. The predicted molar refractivity (Wildman–Crippen MR) is 122 cm³/mol. The van der Waals surface area contributed by atoms with Crippen molar-refractivity contribution < 1.29 is 23.8 Å². The lowest BCUT2D eigenvalue weighted by Crippen LogP contribution is -2.17. The molecular formula is C24H21ClN2O5. The van der Waals surface area contributed by atoms with Crippen molar-refractivity contribution in [1.29, 1.82) is 0 Å². The van der Waals surface area contributed by atoms with Crippen LogP contribution in [0.1, 0.15) is 33.2 Å². The van der Waals surface area contributed by atoms with E-state index < -0.39 is 5.97 Å². The van der Waals surface area contributed by atoms with Crippen molar-refractivity contribution in [3.63, 3.8) is 0 Å².